The Bertz CT molecular complexity index is 1190. The first-order chi connectivity index (χ1) is 15.0. The molecule has 0 bridgehead atoms. The zero-order valence-electron chi connectivity index (χ0n) is 16.7. The molecule has 0 aliphatic rings. The van der Waals surface area contributed by atoms with Crippen molar-refractivity contribution < 1.29 is 17.9 Å². The van der Waals surface area contributed by atoms with Crippen LogP contribution in [0.5, 0.6) is 5.75 Å². The largest absolute Gasteiger partial charge is 0.489 e. The van der Waals surface area contributed by atoms with Crippen LogP contribution in [0.25, 0.3) is 0 Å². The predicted octanol–water partition coefficient (Wildman–Crippen LogP) is 3.11. The van der Waals surface area contributed by atoms with Crippen molar-refractivity contribution in [1.82, 2.24) is 10.0 Å². The van der Waals surface area contributed by atoms with E-state index >= 15 is 0 Å². The fourth-order valence-electron chi connectivity index (χ4n) is 2.85. The first-order valence-corrected chi connectivity index (χ1v) is 11.0. The van der Waals surface area contributed by atoms with Gasteiger partial charge in [-0.25, -0.2) is 8.42 Å². The van der Waals surface area contributed by atoms with Crippen molar-refractivity contribution in [3.63, 3.8) is 0 Å². The minimum Gasteiger partial charge on any atom is -0.489 e. The van der Waals surface area contributed by atoms with Gasteiger partial charge in [-0.15, -0.1) is 6.42 Å². The number of nitrogens with one attached hydrogen (secondary N) is 2. The Labute approximate surface area is 182 Å². The quantitative estimate of drug-likeness (QED) is 0.507. The third kappa shape index (κ3) is 6.19. The lowest BCUT2D eigenvalue weighted by molar-refractivity contribution is 0.0950. The van der Waals surface area contributed by atoms with Crippen LogP contribution >= 0.6 is 0 Å². The average molecular weight is 435 g/mol. The fraction of sp³-hybridized carbons (Fsp3) is 0.125. The van der Waals surface area contributed by atoms with Crippen LogP contribution in [0.4, 0.5) is 0 Å². The summed E-state index contributed by atoms with van der Waals surface area (Å²) in [6.45, 7) is 0.519. The Morgan fingerprint density at radius 2 is 1.65 bits per heavy atom. The van der Waals surface area contributed by atoms with Gasteiger partial charge >= 0.3 is 0 Å². The number of carbonyl (C=O) groups excluding carboxylic acids is 1. The maximum Gasteiger partial charge on any atom is 0.251 e. The van der Waals surface area contributed by atoms with Gasteiger partial charge in [-0.1, -0.05) is 54.5 Å². The molecule has 0 spiro atoms. The van der Waals surface area contributed by atoms with E-state index < -0.39 is 10.0 Å². The number of rotatable bonds is 9. The monoisotopic (exact) mass is 434 g/mol. The van der Waals surface area contributed by atoms with E-state index in [1.54, 1.807) is 6.07 Å². The van der Waals surface area contributed by atoms with Crippen LogP contribution in [-0.2, 0) is 23.2 Å². The fourth-order valence-corrected chi connectivity index (χ4v) is 3.83. The van der Waals surface area contributed by atoms with Gasteiger partial charge in [0.2, 0.25) is 10.0 Å². The highest BCUT2D eigenvalue weighted by atomic mass is 32.2. The molecule has 3 rings (SSSR count). The summed E-state index contributed by atoms with van der Waals surface area (Å²) in [4.78, 5) is 12.6. The van der Waals surface area contributed by atoms with Crippen molar-refractivity contribution in [3.05, 3.63) is 95.6 Å². The van der Waals surface area contributed by atoms with E-state index in [0.717, 1.165) is 16.9 Å². The SMILES string of the molecule is C#CCNS(=O)(=O)c1cccc(C(=O)NCc2ccccc2COc2ccccc2)c1. The number of hydrogen-bond acceptors (Lipinski definition) is 4. The molecule has 0 aromatic heterocycles. The van der Waals surface area contributed by atoms with Gasteiger partial charge in [0, 0.05) is 12.1 Å². The van der Waals surface area contributed by atoms with Gasteiger partial charge in [0.15, 0.2) is 0 Å². The second-order valence-electron chi connectivity index (χ2n) is 6.61. The second kappa shape index (κ2) is 10.4. The van der Waals surface area contributed by atoms with Gasteiger partial charge in [0.1, 0.15) is 12.4 Å². The molecule has 0 fully saturated rings. The Morgan fingerprint density at radius 1 is 0.935 bits per heavy atom. The molecule has 3 aromatic carbocycles. The summed E-state index contributed by atoms with van der Waals surface area (Å²) >= 11 is 0. The number of terminal acetylenes is 1. The molecule has 0 atom stereocenters. The van der Waals surface area contributed by atoms with Crippen molar-refractivity contribution in [3.8, 4) is 18.1 Å². The van der Waals surface area contributed by atoms with Gasteiger partial charge in [0.25, 0.3) is 5.91 Å². The van der Waals surface area contributed by atoms with Crippen molar-refractivity contribution in [2.45, 2.75) is 18.0 Å². The molecular weight excluding hydrogens is 412 g/mol. The highest BCUT2D eigenvalue weighted by Gasteiger charge is 2.15. The van der Waals surface area contributed by atoms with Crippen molar-refractivity contribution in [1.29, 1.82) is 0 Å². The summed E-state index contributed by atoms with van der Waals surface area (Å²) in [7, 11) is -3.78. The van der Waals surface area contributed by atoms with Gasteiger partial charge in [-0.3, -0.25) is 4.79 Å². The third-order valence-electron chi connectivity index (χ3n) is 4.47. The number of ether oxygens (including phenoxy) is 1. The van der Waals surface area contributed by atoms with Crippen molar-refractivity contribution in [2.75, 3.05) is 6.54 Å². The van der Waals surface area contributed by atoms with Gasteiger partial charge in [0.05, 0.1) is 11.4 Å². The average Bonchev–Trinajstić information content (AvgIpc) is 2.81. The zero-order chi connectivity index (χ0) is 22.1. The molecule has 3 aromatic rings. The lowest BCUT2D eigenvalue weighted by Gasteiger charge is -2.12. The van der Waals surface area contributed by atoms with E-state index in [1.165, 1.54) is 18.2 Å². The minimum atomic E-state index is -3.78. The first-order valence-electron chi connectivity index (χ1n) is 9.55. The summed E-state index contributed by atoms with van der Waals surface area (Å²) in [6.07, 6.45) is 5.10. The van der Waals surface area contributed by atoms with E-state index in [4.69, 9.17) is 11.2 Å². The molecule has 0 unspecified atom stereocenters. The molecule has 6 nitrogen and oxygen atoms in total. The molecule has 0 saturated carbocycles. The van der Waals surface area contributed by atoms with Crippen LogP contribution in [0, 0.1) is 12.3 Å². The van der Waals surface area contributed by atoms with Crippen LogP contribution in [0.3, 0.4) is 0 Å². The topological polar surface area (TPSA) is 84.5 Å². The highest BCUT2D eigenvalue weighted by Crippen LogP contribution is 2.15. The van der Waals surface area contributed by atoms with Crippen molar-refractivity contribution >= 4 is 15.9 Å². The van der Waals surface area contributed by atoms with Gasteiger partial charge in [-0.05, 0) is 41.5 Å². The number of para-hydroxylation sites is 1. The Balaban J connectivity index is 1.66. The van der Waals surface area contributed by atoms with Crippen LogP contribution in [0.2, 0.25) is 0 Å². The van der Waals surface area contributed by atoms with Crippen LogP contribution < -0.4 is 14.8 Å². The van der Waals surface area contributed by atoms with E-state index in [0.29, 0.717) is 6.61 Å². The minimum absolute atomic E-state index is 0.0212. The number of carbonyl (C=O) groups is 1. The summed E-state index contributed by atoms with van der Waals surface area (Å²) in [6, 6.07) is 22.9. The predicted molar refractivity (Wildman–Crippen MR) is 119 cm³/mol. The molecule has 0 heterocycles. The molecule has 158 valence electrons. The maximum absolute atomic E-state index is 12.6. The van der Waals surface area contributed by atoms with Gasteiger partial charge in [-0.2, -0.15) is 4.72 Å². The third-order valence-corrected chi connectivity index (χ3v) is 5.87. The number of hydrogen-bond donors (Lipinski definition) is 2. The molecule has 31 heavy (non-hydrogen) atoms. The Hall–Kier alpha value is -3.60. The molecule has 1 amide bonds. The van der Waals surface area contributed by atoms with Crippen LogP contribution in [-0.4, -0.2) is 20.9 Å². The molecule has 0 radical (unpaired) electrons. The standard InChI is InChI=1S/C24H22N2O4S/c1-2-15-26-31(28,29)23-14-8-11-19(16-23)24(27)25-17-20-9-6-7-10-21(20)18-30-22-12-4-3-5-13-22/h1,3-14,16,26H,15,17-18H2,(H,25,27). The lowest BCUT2D eigenvalue weighted by Crippen LogP contribution is -2.26. The summed E-state index contributed by atoms with van der Waals surface area (Å²) in [5.74, 6) is 2.60. The first kappa shape index (κ1) is 22.1. The Morgan fingerprint density at radius 3 is 2.39 bits per heavy atom. The van der Waals surface area contributed by atoms with Crippen LogP contribution in [0.1, 0.15) is 21.5 Å². The van der Waals surface area contributed by atoms with Crippen molar-refractivity contribution in [2.24, 2.45) is 0 Å². The van der Waals surface area contributed by atoms with E-state index in [-0.39, 0.29) is 29.5 Å². The smallest absolute Gasteiger partial charge is 0.251 e. The summed E-state index contributed by atoms with van der Waals surface area (Å²) < 4.78 is 32.5. The highest BCUT2D eigenvalue weighted by molar-refractivity contribution is 7.89. The normalized spacial score (nSPS) is 10.8. The molecule has 0 saturated heterocycles. The van der Waals surface area contributed by atoms with Crippen LogP contribution in [0.15, 0.2) is 83.8 Å². The van der Waals surface area contributed by atoms with E-state index in [2.05, 4.69) is 16.0 Å². The van der Waals surface area contributed by atoms with E-state index in [9.17, 15) is 13.2 Å². The molecule has 0 aliphatic carbocycles. The number of benzene rings is 3. The number of sulfonamides is 1. The van der Waals surface area contributed by atoms with E-state index in [1.807, 2.05) is 54.6 Å². The summed E-state index contributed by atoms with van der Waals surface area (Å²) in [5.41, 5.74) is 2.09. The lowest BCUT2D eigenvalue weighted by atomic mass is 10.1. The summed E-state index contributed by atoms with van der Waals surface area (Å²) in [5, 5.41) is 2.83. The zero-order valence-corrected chi connectivity index (χ0v) is 17.6. The molecular formula is C24H22N2O4S. The molecule has 2 N–H and O–H groups in total. The molecule has 0 aliphatic heterocycles. The van der Waals surface area contributed by atoms with Gasteiger partial charge < -0.3 is 10.1 Å². The second-order valence-corrected chi connectivity index (χ2v) is 8.38. The molecule has 7 heteroatoms. The number of amides is 1. The Kier molecular flexibility index (Phi) is 7.44. The maximum atomic E-state index is 12.6.